The summed E-state index contributed by atoms with van der Waals surface area (Å²) in [5.74, 6) is 0. The fourth-order valence-corrected chi connectivity index (χ4v) is 4.81. The van der Waals surface area contributed by atoms with Gasteiger partial charge < -0.3 is 22.9 Å². The van der Waals surface area contributed by atoms with Crippen LogP contribution in [-0.4, -0.2) is 66.4 Å². The molecule has 21 heavy (non-hydrogen) atoms. The first-order valence-electron chi connectivity index (χ1n) is 8.39. The van der Waals surface area contributed by atoms with Crippen molar-refractivity contribution in [3.05, 3.63) is 0 Å². The van der Waals surface area contributed by atoms with Crippen molar-refractivity contribution in [1.29, 1.82) is 0 Å². The first kappa shape index (κ1) is 21.0. The molecule has 0 aliphatic rings. The highest BCUT2D eigenvalue weighted by atomic mass is 28.4. The van der Waals surface area contributed by atoms with Crippen molar-refractivity contribution in [3.8, 4) is 0 Å². The largest absolute Gasteiger partial charge is 0.501 e. The number of ether oxygens (including phenoxy) is 1. The van der Waals surface area contributed by atoms with Crippen LogP contribution in [0.5, 0.6) is 0 Å². The second-order valence-electron chi connectivity index (χ2n) is 4.72. The molecule has 6 heteroatoms. The van der Waals surface area contributed by atoms with E-state index in [9.17, 15) is 0 Å². The van der Waals surface area contributed by atoms with Crippen LogP contribution in [0.1, 0.15) is 41.0 Å². The smallest absolute Gasteiger partial charge is 0.380 e. The lowest BCUT2D eigenvalue weighted by molar-refractivity contribution is 0.0641. The van der Waals surface area contributed by atoms with E-state index in [1.807, 2.05) is 20.8 Å². The summed E-state index contributed by atoms with van der Waals surface area (Å²) in [5, 5.41) is 0. The fourth-order valence-electron chi connectivity index (χ4n) is 2.23. The topological polar surface area (TPSA) is 40.2 Å². The normalized spacial score (nSPS) is 12.3. The maximum atomic E-state index is 5.82. The molecule has 0 saturated heterocycles. The Morgan fingerprint density at radius 1 is 0.762 bits per heavy atom. The molecule has 0 bridgehead atoms. The standard InChI is InChI=1S/C15H35NO4Si/c1-6-16(7-2)12-14-17-13-11-15-21(18-8-3,19-9-4)20-10-5/h6-15H2,1-5H3. The third-order valence-electron chi connectivity index (χ3n) is 3.31. The van der Waals surface area contributed by atoms with Crippen molar-refractivity contribution in [3.63, 3.8) is 0 Å². The monoisotopic (exact) mass is 321 g/mol. The Balaban J connectivity index is 3.96. The van der Waals surface area contributed by atoms with Gasteiger partial charge in [0.25, 0.3) is 0 Å². The molecule has 0 aromatic carbocycles. The maximum Gasteiger partial charge on any atom is 0.501 e. The molecule has 0 fully saturated rings. The van der Waals surface area contributed by atoms with E-state index in [1.165, 1.54) is 0 Å². The SMILES string of the molecule is CCO[Si](CCCOCCN(CC)CC)(OCC)OCC. The molecule has 0 aromatic heterocycles. The Kier molecular flexibility index (Phi) is 13.7. The van der Waals surface area contributed by atoms with Crippen LogP contribution in [0.2, 0.25) is 6.04 Å². The van der Waals surface area contributed by atoms with Crippen molar-refractivity contribution in [1.82, 2.24) is 4.90 Å². The molecule has 0 atom stereocenters. The van der Waals surface area contributed by atoms with Crippen LogP contribution >= 0.6 is 0 Å². The Morgan fingerprint density at radius 3 is 1.71 bits per heavy atom. The minimum absolute atomic E-state index is 0.634. The molecule has 0 aliphatic carbocycles. The summed E-state index contributed by atoms with van der Waals surface area (Å²) in [4.78, 5) is 2.36. The van der Waals surface area contributed by atoms with Crippen molar-refractivity contribution in [2.24, 2.45) is 0 Å². The Bertz CT molecular complexity index is 211. The minimum Gasteiger partial charge on any atom is -0.380 e. The van der Waals surface area contributed by atoms with Gasteiger partial charge in [-0.05, 0) is 40.3 Å². The quantitative estimate of drug-likeness (QED) is 0.343. The predicted molar refractivity (Wildman–Crippen MR) is 88.7 cm³/mol. The summed E-state index contributed by atoms with van der Waals surface area (Å²) >= 11 is 0. The number of rotatable bonds is 15. The zero-order chi connectivity index (χ0) is 16.0. The highest BCUT2D eigenvalue weighted by Gasteiger charge is 2.39. The van der Waals surface area contributed by atoms with Gasteiger partial charge in [-0.3, -0.25) is 0 Å². The van der Waals surface area contributed by atoms with E-state index in [1.54, 1.807) is 0 Å². The van der Waals surface area contributed by atoms with E-state index in [4.69, 9.17) is 18.0 Å². The molecule has 0 amide bonds. The van der Waals surface area contributed by atoms with Gasteiger partial charge in [-0.15, -0.1) is 0 Å². The molecule has 0 unspecified atom stereocenters. The van der Waals surface area contributed by atoms with Gasteiger partial charge in [0.2, 0.25) is 0 Å². The Morgan fingerprint density at radius 2 is 1.29 bits per heavy atom. The van der Waals surface area contributed by atoms with Crippen LogP contribution < -0.4 is 0 Å². The number of hydrogen-bond donors (Lipinski definition) is 0. The maximum absolute atomic E-state index is 5.82. The second-order valence-corrected chi connectivity index (χ2v) is 7.46. The highest BCUT2D eigenvalue weighted by Crippen LogP contribution is 2.18. The summed E-state index contributed by atoms with van der Waals surface area (Å²) < 4.78 is 23.2. The summed E-state index contributed by atoms with van der Waals surface area (Å²) in [7, 11) is -2.48. The summed E-state index contributed by atoms with van der Waals surface area (Å²) in [5.41, 5.74) is 0. The fraction of sp³-hybridized carbons (Fsp3) is 1.00. The molecule has 0 aliphatic heterocycles. The van der Waals surface area contributed by atoms with Gasteiger partial charge in [0.15, 0.2) is 0 Å². The average molecular weight is 322 g/mol. The zero-order valence-corrected chi connectivity index (χ0v) is 15.7. The number of nitrogens with zero attached hydrogens (tertiary/aromatic N) is 1. The van der Waals surface area contributed by atoms with E-state index in [2.05, 4.69) is 18.7 Å². The van der Waals surface area contributed by atoms with Crippen LogP contribution in [0.4, 0.5) is 0 Å². The van der Waals surface area contributed by atoms with Crippen LogP contribution in [0, 0.1) is 0 Å². The lowest BCUT2D eigenvalue weighted by Crippen LogP contribution is -2.46. The molecule has 0 aromatic rings. The lowest BCUT2D eigenvalue weighted by atomic mass is 10.5. The van der Waals surface area contributed by atoms with Crippen LogP contribution in [0.25, 0.3) is 0 Å². The molecular weight excluding hydrogens is 286 g/mol. The Hall–Kier alpha value is 0.0169. The zero-order valence-electron chi connectivity index (χ0n) is 14.7. The predicted octanol–water partition coefficient (Wildman–Crippen LogP) is 2.78. The molecule has 0 heterocycles. The van der Waals surface area contributed by atoms with Gasteiger partial charge >= 0.3 is 8.80 Å². The molecule has 0 spiro atoms. The summed E-state index contributed by atoms with van der Waals surface area (Å²) in [6.45, 7) is 16.9. The van der Waals surface area contributed by atoms with E-state index >= 15 is 0 Å². The molecule has 0 saturated carbocycles. The number of likely N-dealkylation sites (N-methyl/N-ethyl adjacent to an activating group) is 1. The first-order valence-corrected chi connectivity index (χ1v) is 10.3. The molecule has 5 nitrogen and oxygen atoms in total. The molecule has 128 valence electrons. The van der Waals surface area contributed by atoms with Gasteiger partial charge in [-0.25, -0.2) is 0 Å². The van der Waals surface area contributed by atoms with Crippen LogP contribution in [0.3, 0.4) is 0 Å². The summed E-state index contributed by atoms with van der Waals surface area (Å²) in [6, 6.07) is 0.827. The minimum atomic E-state index is -2.48. The van der Waals surface area contributed by atoms with E-state index in [-0.39, 0.29) is 0 Å². The van der Waals surface area contributed by atoms with Crippen molar-refractivity contribution < 1.29 is 18.0 Å². The Labute approximate surface area is 132 Å². The van der Waals surface area contributed by atoms with Crippen molar-refractivity contribution in [2.45, 2.75) is 47.1 Å². The van der Waals surface area contributed by atoms with Gasteiger partial charge in [0.05, 0.1) is 6.61 Å². The van der Waals surface area contributed by atoms with E-state index in [0.29, 0.717) is 19.8 Å². The molecule has 0 radical (unpaired) electrons. The molecule has 0 rings (SSSR count). The van der Waals surface area contributed by atoms with E-state index in [0.717, 1.165) is 45.3 Å². The van der Waals surface area contributed by atoms with Crippen LogP contribution in [-0.2, 0) is 18.0 Å². The average Bonchev–Trinajstić information content (AvgIpc) is 2.47. The molecule has 0 N–H and O–H groups in total. The van der Waals surface area contributed by atoms with Gasteiger partial charge in [0.1, 0.15) is 0 Å². The summed E-state index contributed by atoms with van der Waals surface area (Å²) in [6.07, 6.45) is 0.921. The molecular formula is C15H35NO4Si. The van der Waals surface area contributed by atoms with E-state index < -0.39 is 8.80 Å². The van der Waals surface area contributed by atoms with Crippen molar-refractivity contribution >= 4 is 8.80 Å². The number of hydrogen-bond acceptors (Lipinski definition) is 5. The van der Waals surface area contributed by atoms with Gasteiger partial charge in [0, 0.05) is 39.0 Å². The van der Waals surface area contributed by atoms with Crippen LogP contribution in [0.15, 0.2) is 0 Å². The third kappa shape index (κ3) is 9.60. The highest BCUT2D eigenvalue weighted by molar-refractivity contribution is 6.60. The second kappa shape index (κ2) is 13.7. The van der Waals surface area contributed by atoms with Crippen molar-refractivity contribution in [2.75, 3.05) is 52.7 Å². The third-order valence-corrected chi connectivity index (χ3v) is 6.46. The lowest BCUT2D eigenvalue weighted by Gasteiger charge is -2.28. The van der Waals surface area contributed by atoms with Gasteiger partial charge in [-0.2, -0.15) is 0 Å². The first-order chi connectivity index (χ1) is 10.2. The van der Waals surface area contributed by atoms with Gasteiger partial charge in [-0.1, -0.05) is 13.8 Å².